The summed E-state index contributed by atoms with van der Waals surface area (Å²) in [5, 5.41) is 8.69. The fourth-order valence-corrected chi connectivity index (χ4v) is 2.74. The van der Waals surface area contributed by atoms with Crippen molar-refractivity contribution in [3.8, 4) is 0 Å². The second-order valence-electron chi connectivity index (χ2n) is 4.23. The summed E-state index contributed by atoms with van der Waals surface area (Å²) in [7, 11) is 0. The SMILES string of the molecule is Cc1cnc(SCC(=O)O)n1C1(C(F)(F)F)CC1. The van der Waals surface area contributed by atoms with Crippen LogP contribution in [0.15, 0.2) is 11.4 Å². The van der Waals surface area contributed by atoms with Gasteiger partial charge >= 0.3 is 12.1 Å². The average molecular weight is 280 g/mol. The molecular weight excluding hydrogens is 269 g/mol. The van der Waals surface area contributed by atoms with Crippen molar-refractivity contribution >= 4 is 17.7 Å². The number of carboxylic acids is 1. The highest BCUT2D eigenvalue weighted by molar-refractivity contribution is 7.99. The molecule has 0 amide bonds. The van der Waals surface area contributed by atoms with Crippen molar-refractivity contribution in [2.45, 2.75) is 36.6 Å². The van der Waals surface area contributed by atoms with Gasteiger partial charge in [-0.3, -0.25) is 4.79 Å². The van der Waals surface area contributed by atoms with Crippen molar-refractivity contribution in [2.75, 3.05) is 5.75 Å². The number of halogens is 3. The molecule has 0 spiro atoms. The van der Waals surface area contributed by atoms with Gasteiger partial charge in [0.1, 0.15) is 5.54 Å². The van der Waals surface area contributed by atoms with E-state index in [4.69, 9.17) is 5.11 Å². The fourth-order valence-electron chi connectivity index (χ4n) is 1.92. The van der Waals surface area contributed by atoms with Crippen LogP contribution >= 0.6 is 11.8 Å². The second-order valence-corrected chi connectivity index (χ2v) is 5.17. The molecular formula is C10H11F3N2O2S. The van der Waals surface area contributed by atoms with Gasteiger partial charge in [0.05, 0.1) is 5.75 Å². The Morgan fingerprint density at radius 1 is 1.61 bits per heavy atom. The van der Waals surface area contributed by atoms with Gasteiger partial charge in [0, 0.05) is 11.9 Å². The van der Waals surface area contributed by atoms with E-state index >= 15 is 0 Å². The van der Waals surface area contributed by atoms with Gasteiger partial charge in [-0.05, 0) is 19.8 Å². The molecule has 1 aliphatic carbocycles. The lowest BCUT2D eigenvalue weighted by molar-refractivity contribution is -0.182. The zero-order chi connectivity index (χ0) is 13.6. The number of carboxylic acid groups (broad SMARTS) is 1. The Hall–Kier alpha value is -1.18. The number of rotatable bonds is 4. The number of aliphatic carboxylic acids is 1. The van der Waals surface area contributed by atoms with E-state index < -0.39 is 17.7 Å². The molecule has 0 aliphatic heterocycles. The predicted molar refractivity (Wildman–Crippen MR) is 58.6 cm³/mol. The predicted octanol–water partition coefficient (Wildman–Crippen LogP) is 2.42. The largest absolute Gasteiger partial charge is 0.481 e. The molecule has 4 nitrogen and oxygen atoms in total. The number of nitrogens with zero attached hydrogens (tertiary/aromatic N) is 2. The first-order chi connectivity index (χ1) is 8.28. The van der Waals surface area contributed by atoms with Crippen molar-refractivity contribution in [3.05, 3.63) is 11.9 Å². The Morgan fingerprint density at radius 2 is 2.22 bits per heavy atom. The number of aromatic nitrogens is 2. The lowest BCUT2D eigenvalue weighted by atomic mass is 10.2. The topological polar surface area (TPSA) is 55.1 Å². The molecule has 1 aromatic rings. The lowest BCUT2D eigenvalue weighted by Gasteiger charge is -2.24. The fraction of sp³-hybridized carbons (Fsp3) is 0.600. The molecule has 0 radical (unpaired) electrons. The molecule has 0 unspecified atom stereocenters. The molecule has 1 N–H and O–H groups in total. The van der Waals surface area contributed by atoms with Crippen LogP contribution in [0, 0.1) is 6.92 Å². The number of aryl methyl sites for hydroxylation is 1. The highest BCUT2D eigenvalue weighted by Crippen LogP contribution is 2.57. The Balaban J connectivity index is 2.33. The minimum Gasteiger partial charge on any atom is -0.481 e. The van der Waals surface area contributed by atoms with Gasteiger partial charge < -0.3 is 9.67 Å². The van der Waals surface area contributed by atoms with Crippen LogP contribution in [-0.4, -0.2) is 32.6 Å². The van der Waals surface area contributed by atoms with Gasteiger partial charge in [-0.1, -0.05) is 11.8 Å². The molecule has 0 bridgehead atoms. The number of thioether (sulfide) groups is 1. The molecule has 0 saturated heterocycles. The minimum atomic E-state index is -4.34. The summed E-state index contributed by atoms with van der Waals surface area (Å²) in [6.07, 6.45) is -2.95. The number of alkyl halides is 3. The van der Waals surface area contributed by atoms with Crippen LogP contribution in [0.25, 0.3) is 0 Å². The third-order valence-electron chi connectivity index (χ3n) is 2.91. The molecule has 0 atom stereocenters. The van der Waals surface area contributed by atoms with Crippen molar-refractivity contribution in [1.82, 2.24) is 9.55 Å². The molecule has 8 heteroatoms. The Labute approximate surface area is 105 Å². The van der Waals surface area contributed by atoms with Crippen LogP contribution in [0.1, 0.15) is 18.5 Å². The van der Waals surface area contributed by atoms with Crippen LogP contribution in [0.3, 0.4) is 0 Å². The van der Waals surface area contributed by atoms with E-state index in [1.165, 1.54) is 6.20 Å². The quantitative estimate of drug-likeness (QED) is 0.861. The molecule has 18 heavy (non-hydrogen) atoms. The highest BCUT2D eigenvalue weighted by Gasteiger charge is 2.65. The van der Waals surface area contributed by atoms with E-state index in [2.05, 4.69) is 4.98 Å². The van der Waals surface area contributed by atoms with Crippen LogP contribution < -0.4 is 0 Å². The molecule has 1 saturated carbocycles. The van der Waals surface area contributed by atoms with Crippen molar-refractivity contribution < 1.29 is 23.1 Å². The van der Waals surface area contributed by atoms with Gasteiger partial charge in [0.2, 0.25) is 0 Å². The molecule has 100 valence electrons. The smallest absolute Gasteiger partial charge is 0.412 e. The van der Waals surface area contributed by atoms with Gasteiger partial charge in [0.25, 0.3) is 0 Å². The zero-order valence-electron chi connectivity index (χ0n) is 9.49. The molecule has 1 aliphatic rings. The van der Waals surface area contributed by atoms with E-state index in [1.54, 1.807) is 6.92 Å². The van der Waals surface area contributed by atoms with Crippen molar-refractivity contribution in [1.29, 1.82) is 0 Å². The molecule has 1 aromatic heterocycles. The minimum absolute atomic E-state index is 0.0222. The number of carbonyl (C=O) groups is 1. The summed E-state index contributed by atoms with van der Waals surface area (Å²) in [6, 6.07) is 0. The number of hydrogen-bond donors (Lipinski definition) is 1. The summed E-state index contributed by atoms with van der Waals surface area (Å²) in [5.41, 5.74) is -1.48. The Morgan fingerprint density at radius 3 is 2.67 bits per heavy atom. The third kappa shape index (κ3) is 2.09. The first-order valence-electron chi connectivity index (χ1n) is 5.24. The molecule has 1 heterocycles. The summed E-state index contributed by atoms with van der Waals surface area (Å²) in [5.74, 6) is -1.38. The second kappa shape index (κ2) is 4.18. The van der Waals surface area contributed by atoms with E-state index in [1.807, 2.05) is 0 Å². The summed E-state index contributed by atoms with van der Waals surface area (Å²) < 4.78 is 40.3. The maximum absolute atomic E-state index is 13.0. The standard InChI is InChI=1S/C10H11F3N2O2S/c1-6-4-14-8(18-5-7(16)17)15(6)9(2-3-9)10(11,12)13/h4H,2-3,5H2,1H3,(H,16,17). The average Bonchev–Trinajstić information content (AvgIpc) is 2.95. The normalized spacial score (nSPS) is 17.8. The lowest BCUT2D eigenvalue weighted by Crippen LogP contribution is -2.36. The monoisotopic (exact) mass is 280 g/mol. The van der Waals surface area contributed by atoms with Crippen molar-refractivity contribution in [2.24, 2.45) is 0 Å². The summed E-state index contributed by atoms with van der Waals surface area (Å²) in [6.45, 7) is 1.55. The molecule has 1 fully saturated rings. The maximum atomic E-state index is 13.0. The number of imidazole rings is 1. The van der Waals surface area contributed by atoms with E-state index in [-0.39, 0.29) is 23.8 Å². The van der Waals surface area contributed by atoms with Crippen LogP contribution in [0.4, 0.5) is 13.2 Å². The summed E-state index contributed by atoms with van der Waals surface area (Å²) >= 11 is 0.811. The Bertz CT molecular complexity index is 480. The van der Waals surface area contributed by atoms with Crippen molar-refractivity contribution in [3.63, 3.8) is 0 Å². The number of hydrogen-bond acceptors (Lipinski definition) is 3. The Kier molecular flexibility index (Phi) is 3.08. The van der Waals surface area contributed by atoms with Gasteiger partial charge in [0.15, 0.2) is 5.16 Å². The molecule has 2 rings (SSSR count). The zero-order valence-corrected chi connectivity index (χ0v) is 10.3. The summed E-state index contributed by atoms with van der Waals surface area (Å²) in [4.78, 5) is 14.3. The van der Waals surface area contributed by atoms with Gasteiger partial charge in [-0.25, -0.2) is 4.98 Å². The van der Waals surface area contributed by atoms with E-state index in [9.17, 15) is 18.0 Å². The maximum Gasteiger partial charge on any atom is 0.412 e. The molecule has 0 aromatic carbocycles. The van der Waals surface area contributed by atoms with Crippen LogP contribution in [-0.2, 0) is 10.3 Å². The van der Waals surface area contributed by atoms with Crippen LogP contribution in [0.5, 0.6) is 0 Å². The van der Waals surface area contributed by atoms with E-state index in [0.717, 1.165) is 16.3 Å². The third-order valence-corrected chi connectivity index (χ3v) is 3.85. The van der Waals surface area contributed by atoms with E-state index in [0.29, 0.717) is 5.69 Å². The first kappa shape index (κ1) is 13.3. The first-order valence-corrected chi connectivity index (χ1v) is 6.23. The highest BCUT2D eigenvalue weighted by atomic mass is 32.2. The van der Waals surface area contributed by atoms with Crippen LogP contribution in [0.2, 0.25) is 0 Å². The van der Waals surface area contributed by atoms with Gasteiger partial charge in [-0.15, -0.1) is 0 Å². The van der Waals surface area contributed by atoms with Gasteiger partial charge in [-0.2, -0.15) is 13.2 Å².